The van der Waals surface area contributed by atoms with E-state index in [9.17, 15) is 4.79 Å². The summed E-state index contributed by atoms with van der Waals surface area (Å²) < 4.78 is 10.3. The minimum Gasteiger partial charge on any atom is -0.497 e. The molecule has 2 aromatic carbocycles. The van der Waals surface area contributed by atoms with Gasteiger partial charge in [0.05, 0.1) is 14.2 Å². The summed E-state index contributed by atoms with van der Waals surface area (Å²) in [5.41, 5.74) is 1.43. The molecule has 0 saturated carbocycles. The summed E-state index contributed by atoms with van der Waals surface area (Å²) in [6, 6.07) is 14.4. The number of anilines is 1. The molecule has 25 heavy (non-hydrogen) atoms. The molecule has 0 saturated heterocycles. The Hall–Kier alpha value is -3.42. The summed E-state index contributed by atoms with van der Waals surface area (Å²) in [5.74, 6) is 1.60. The van der Waals surface area contributed by atoms with Gasteiger partial charge in [0.15, 0.2) is 0 Å². The van der Waals surface area contributed by atoms with Crippen LogP contribution < -0.4 is 14.8 Å². The molecule has 1 aromatic heterocycles. The number of amides is 1. The van der Waals surface area contributed by atoms with E-state index in [4.69, 9.17) is 9.47 Å². The highest BCUT2D eigenvalue weighted by atomic mass is 16.5. The van der Waals surface area contributed by atoms with E-state index < -0.39 is 0 Å². The first-order valence-electron chi connectivity index (χ1n) is 7.54. The van der Waals surface area contributed by atoms with Crippen LogP contribution in [0.25, 0.3) is 11.4 Å². The van der Waals surface area contributed by atoms with Gasteiger partial charge in [0.2, 0.25) is 11.7 Å². The monoisotopic (exact) mass is 339 g/mol. The number of tetrazole rings is 1. The third kappa shape index (κ3) is 4.11. The molecular formula is C17H17N5O3. The Kier molecular flexibility index (Phi) is 4.89. The molecule has 0 unspecified atom stereocenters. The summed E-state index contributed by atoms with van der Waals surface area (Å²) in [4.78, 5) is 13.3. The van der Waals surface area contributed by atoms with E-state index in [1.54, 1.807) is 44.6 Å². The molecule has 0 bridgehead atoms. The van der Waals surface area contributed by atoms with Crippen molar-refractivity contribution in [2.45, 2.75) is 6.54 Å². The van der Waals surface area contributed by atoms with Crippen molar-refractivity contribution in [2.75, 3.05) is 19.5 Å². The minimum absolute atomic E-state index is 0.0387. The molecule has 0 radical (unpaired) electrons. The first kappa shape index (κ1) is 16.4. The Labute approximate surface area is 144 Å². The predicted molar refractivity (Wildman–Crippen MR) is 91.4 cm³/mol. The highest BCUT2D eigenvalue weighted by molar-refractivity contribution is 5.90. The zero-order chi connectivity index (χ0) is 17.6. The van der Waals surface area contributed by atoms with Gasteiger partial charge in [-0.25, -0.2) is 0 Å². The molecule has 8 heteroatoms. The summed E-state index contributed by atoms with van der Waals surface area (Å²) in [7, 11) is 3.18. The Bertz CT molecular complexity index is 861. The maximum Gasteiger partial charge on any atom is 0.248 e. The number of carbonyl (C=O) groups excluding carboxylic acids is 1. The van der Waals surface area contributed by atoms with Crippen molar-refractivity contribution in [1.29, 1.82) is 0 Å². The fourth-order valence-corrected chi connectivity index (χ4v) is 2.19. The lowest BCUT2D eigenvalue weighted by atomic mass is 10.2. The van der Waals surface area contributed by atoms with Crippen molar-refractivity contribution in [3.63, 3.8) is 0 Å². The highest BCUT2D eigenvalue weighted by Gasteiger charge is 2.10. The second kappa shape index (κ2) is 7.43. The van der Waals surface area contributed by atoms with Crippen LogP contribution in [0.4, 0.5) is 5.69 Å². The van der Waals surface area contributed by atoms with E-state index in [-0.39, 0.29) is 12.5 Å². The summed E-state index contributed by atoms with van der Waals surface area (Å²) >= 11 is 0. The number of hydrogen-bond acceptors (Lipinski definition) is 6. The SMILES string of the molecule is COc1ccc(NC(=O)Cn2nnc(-c3cccc(OC)c3)n2)cc1. The molecule has 1 heterocycles. The summed E-state index contributed by atoms with van der Waals surface area (Å²) in [6.45, 7) is -0.0387. The van der Waals surface area contributed by atoms with Crippen molar-refractivity contribution in [2.24, 2.45) is 0 Å². The van der Waals surface area contributed by atoms with Crippen molar-refractivity contribution in [3.05, 3.63) is 48.5 Å². The number of ether oxygens (including phenoxy) is 2. The van der Waals surface area contributed by atoms with Gasteiger partial charge in [-0.2, -0.15) is 4.80 Å². The minimum atomic E-state index is -0.250. The van der Waals surface area contributed by atoms with Gasteiger partial charge in [-0.15, -0.1) is 10.2 Å². The van der Waals surface area contributed by atoms with Gasteiger partial charge in [0.1, 0.15) is 18.0 Å². The summed E-state index contributed by atoms with van der Waals surface area (Å²) in [5, 5.41) is 14.9. The molecule has 3 aromatic rings. The van der Waals surface area contributed by atoms with E-state index in [0.29, 0.717) is 17.3 Å². The smallest absolute Gasteiger partial charge is 0.248 e. The fourth-order valence-electron chi connectivity index (χ4n) is 2.19. The van der Waals surface area contributed by atoms with E-state index >= 15 is 0 Å². The third-order valence-electron chi connectivity index (χ3n) is 3.44. The van der Waals surface area contributed by atoms with Crippen LogP contribution in [-0.2, 0) is 11.3 Å². The van der Waals surface area contributed by atoms with Gasteiger partial charge in [-0.05, 0) is 41.6 Å². The lowest BCUT2D eigenvalue weighted by molar-refractivity contribution is -0.117. The van der Waals surface area contributed by atoms with Crippen LogP contribution in [0.2, 0.25) is 0 Å². The van der Waals surface area contributed by atoms with Crippen LogP contribution in [0.3, 0.4) is 0 Å². The molecule has 0 atom stereocenters. The predicted octanol–water partition coefficient (Wildman–Crippen LogP) is 2.00. The number of hydrogen-bond donors (Lipinski definition) is 1. The number of aromatic nitrogens is 4. The topological polar surface area (TPSA) is 91.2 Å². The van der Waals surface area contributed by atoms with E-state index in [1.165, 1.54) is 4.80 Å². The van der Waals surface area contributed by atoms with E-state index in [1.807, 2.05) is 18.2 Å². The summed E-state index contributed by atoms with van der Waals surface area (Å²) in [6.07, 6.45) is 0. The van der Waals surface area contributed by atoms with Gasteiger partial charge >= 0.3 is 0 Å². The number of carbonyl (C=O) groups is 1. The Balaban J connectivity index is 1.64. The van der Waals surface area contributed by atoms with Gasteiger partial charge in [-0.1, -0.05) is 12.1 Å². The number of rotatable bonds is 6. The molecule has 0 aliphatic rings. The van der Waals surface area contributed by atoms with Crippen molar-refractivity contribution >= 4 is 11.6 Å². The lowest BCUT2D eigenvalue weighted by Crippen LogP contribution is -2.20. The Morgan fingerprint density at radius 1 is 1.08 bits per heavy atom. The Morgan fingerprint density at radius 3 is 2.56 bits per heavy atom. The second-order valence-electron chi connectivity index (χ2n) is 5.15. The number of nitrogens with zero attached hydrogens (tertiary/aromatic N) is 4. The molecule has 0 aliphatic heterocycles. The molecule has 1 N–H and O–H groups in total. The normalized spacial score (nSPS) is 10.3. The maximum atomic E-state index is 12.1. The molecular weight excluding hydrogens is 322 g/mol. The van der Waals surface area contributed by atoms with E-state index in [0.717, 1.165) is 11.3 Å². The van der Waals surface area contributed by atoms with Crippen LogP contribution in [0, 0.1) is 0 Å². The fraction of sp³-hybridized carbons (Fsp3) is 0.176. The third-order valence-corrected chi connectivity index (χ3v) is 3.44. The highest BCUT2D eigenvalue weighted by Crippen LogP contribution is 2.20. The number of methoxy groups -OCH3 is 2. The molecule has 8 nitrogen and oxygen atoms in total. The standard InChI is InChI=1S/C17H17N5O3/c1-24-14-8-6-13(7-9-14)18-16(23)11-22-20-17(19-21-22)12-4-3-5-15(10-12)25-2/h3-10H,11H2,1-2H3,(H,18,23). The first-order chi connectivity index (χ1) is 12.2. The lowest BCUT2D eigenvalue weighted by Gasteiger charge is -2.05. The first-order valence-corrected chi connectivity index (χ1v) is 7.54. The second-order valence-corrected chi connectivity index (χ2v) is 5.15. The molecule has 0 aliphatic carbocycles. The van der Waals surface area contributed by atoms with Gasteiger partial charge in [-0.3, -0.25) is 4.79 Å². The Morgan fingerprint density at radius 2 is 1.84 bits per heavy atom. The van der Waals surface area contributed by atoms with Crippen molar-refractivity contribution in [3.8, 4) is 22.9 Å². The van der Waals surface area contributed by atoms with Gasteiger partial charge in [0.25, 0.3) is 0 Å². The number of benzene rings is 2. The van der Waals surface area contributed by atoms with Crippen LogP contribution in [0.1, 0.15) is 0 Å². The van der Waals surface area contributed by atoms with E-state index in [2.05, 4.69) is 20.7 Å². The van der Waals surface area contributed by atoms with Crippen molar-refractivity contribution in [1.82, 2.24) is 20.2 Å². The van der Waals surface area contributed by atoms with Gasteiger partial charge < -0.3 is 14.8 Å². The average molecular weight is 339 g/mol. The van der Waals surface area contributed by atoms with Crippen LogP contribution >= 0.6 is 0 Å². The molecule has 0 spiro atoms. The van der Waals surface area contributed by atoms with Crippen LogP contribution in [0.15, 0.2) is 48.5 Å². The largest absolute Gasteiger partial charge is 0.497 e. The van der Waals surface area contributed by atoms with Crippen molar-refractivity contribution < 1.29 is 14.3 Å². The average Bonchev–Trinajstić information content (AvgIpc) is 3.10. The molecule has 0 fully saturated rings. The van der Waals surface area contributed by atoms with Gasteiger partial charge in [0, 0.05) is 11.3 Å². The van der Waals surface area contributed by atoms with Crippen LogP contribution in [0.5, 0.6) is 11.5 Å². The molecule has 128 valence electrons. The maximum absolute atomic E-state index is 12.1. The zero-order valence-electron chi connectivity index (χ0n) is 13.8. The molecule has 3 rings (SSSR count). The number of nitrogens with one attached hydrogen (secondary N) is 1. The van der Waals surface area contributed by atoms with Crippen LogP contribution in [-0.4, -0.2) is 40.3 Å². The quantitative estimate of drug-likeness (QED) is 0.738. The zero-order valence-corrected chi connectivity index (χ0v) is 13.8. The molecule has 1 amide bonds.